The quantitative estimate of drug-likeness (QED) is 0.433. The lowest BCUT2D eigenvalue weighted by Gasteiger charge is -2.06. The number of ether oxygens (including phenoxy) is 1. The summed E-state index contributed by atoms with van der Waals surface area (Å²) in [5.74, 6) is 0.317. The Labute approximate surface area is 95.3 Å². The standard InChI is InChI=1S/C12H16N2O2/c1-5-6-14-7-10(4)13-11(14)8-16-12(15)9(2)3/h5,7H,1-2,6,8H2,3-4H3. The third kappa shape index (κ3) is 3.08. The van der Waals surface area contributed by atoms with Gasteiger partial charge in [-0.1, -0.05) is 12.7 Å². The third-order valence-electron chi connectivity index (χ3n) is 1.99. The summed E-state index contributed by atoms with van der Waals surface area (Å²) in [6, 6.07) is 0. The van der Waals surface area contributed by atoms with Crippen molar-refractivity contribution in [3.05, 3.63) is 42.5 Å². The van der Waals surface area contributed by atoms with E-state index in [1.165, 1.54) is 0 Å². The predicted octanol–water partition coefficient (Wildman–Crippen LogP) is 2.00. The molecule has 1 heterocycles. The molecule has 0 unspecified atom stereocenters. The molecule has 0 saturated heterocycles. The van der Waals surface area contributed by atoms with Crippen molar-refractivity contribution in [3.8, 4) is 0 Å². The number of aryl methyl sites for hydroxylation is 1. The van der Waals surface area contributed by atoms with Gasteiger partial charge in [0, 0.05) is 18.3 Å². The van der Waals surface area contributed by atoms with Gasteiger partial charge >= 0.3 is 5.97 Å². The van der Waals surface area contributed by atoms with Crippen molar-refractivity contribution in [2.75, 3.05) is 0 Å². The summed E-state index contributed by atoms with van der Waals surface area (Å²) in [5, 5.41) is 0. The highest BCUT2D eigenvalue weighted by Gasteiger charge is 2.08. The summed E-state index contributed by atoms with van der Waals surface area (Å²) in [6.45, 7) is 11.5. The predicted molar refractivity (Wildman–Crippen MR) is 61.8 cm³/mol. The van der Waals surface area contributed by atoms with E-state index >= 15 is 0 Å². The second-order valence-electron chi connectivity index (χ2n) is 3.60. The fraction of sp³-hybridized carbons (Fsp3) is 0.333. The van der Waals surface area contributed by atoms with Gasteiger partial charge in [-0.3, -0.25) is 0 Å². The lowest BCUT2D eigenvalue weighted by molar-refractivity contribution is -0.140. The van der Waals surface area contributed by atoms with Crippen LogP contribution in [-0.4, -0.2) is 15.5 Å². The van der Waals surface area contributed by atoms with Crippen LogP contribution in [0.2, 0.25) is 0 Å². The second-order valence-corrected chi connectivity index (χ2v) is 3.60. The van der Waals surface area contributed by atoms with Crippen LogP contribution < -0.4 is 0 Å². The van der Waals surface area contributed by atoms with Crippen LogP contribution in [0.5, 0.6) is 0 Å². The number of hydrogen-bond donors (Lipinski definition) is 0. The van der Waals surface area contributed by atoms with Crippen molar-refractivity contribution in [2.45, 2.75) is 27.0 Å². The van der Waals surface area contributed by atoms with E-state index < -0.39 is 5.97 Å². The summed E-state index contributed by atoms with van der Waals surface area (Å²) in [6.07, 6.45) is 3.66. The highest BCUT2D eigenvalue weighted by molar-refractivity contribution is 5.86. The Morgan fingerprint density at radius 2 is 2.38 bits per heavy atom. The number of esters is 1. The van der Waals surface area contributed by atoms with Crippen molar-refractivity contribution in [1.82, 2.24) is 9.55 Å². The van der Waals surface area contributed by atoms with E-state index in [2.05, 4.69) is 18.1 Å². The minimum absolute atomic E-state index is 0.160. The van der Waals surface area contributed by atoms with Gasteiger partial charge in [-0.05, 0) is 13.8 Å². The number of hydrogen-bond acceptors (Lipinski definition) is 3. The minimum Gasteiger partial charge on any atom is -0.454 e. The van der Waals surface area contributed by atoms with E-state index in [4.69, 9.17) is 4.74 Å². The van der Waals surface area contributed by atoms with Crippen LogP contribution in [0.15, 0.2) is 31.0 Å². The summed E-state index contributed by atoms with van der Waals surface area (Å²) >= 11 is 0. The maximum Gasteiger partial charge on any atom is 0.333 e. The van der Waals surface area contributed by atoms with E-state index in [0.717, 1.165) is 5.69 Å². The monoisotopic (exact) mass is 220 g/mol. The van der Waals surface area contributed by atoms with E-state index in [1.807, 2.05) is 17.7 Å². The maximum absolute atomic E-state index is 11.2. The van der Waals surface area contributed by atoms with Crippen LogP contribution in [0.3, 0.4) is 0 Å². The number of imidazole rings is 1. The number of carbonyl (C=O) groups is 1. The highest BCUT2D eigenvalue weighted by atomic mass is 16.5. The molecule has 0 aliphatic heterocycles. The first kappa shape index (κ1) is 12.2. The maximum atomic E-state index is 11.2. The summed E-state index contributed by atoms with van der Waals surface area (Å²) in [5.41, 5.74) is 1.28. The Hall–Kier alpha value is -1.84. The molecule has 0 aliphatic rings. The zero-order valence-corrected chi connectivity index (χ0v) is 9.69. The topological polar surface area (TPSA) is 44.1 Å². The van der Waals surface area contributed by atoms with Crippen molar-refractivity contribution >= 4 is 5.97 Å². The molecule has 0 bridgehead atoms. The van der Waals surface area contributed by atoms with Crippen LogP contribution >= 0.6 is 0 Å². The molecule has 0 saturated carbocycles. The van der Waals surface area contributed by atoms with Crippen LogP contribution in [0.4, 0.5) is 0 Å². The van der Waals surface area contributed by atoms with Gasteiger partial charge in [0.25, 0.3) is 0 Å². The summed E-state index contributed by atoms with van der Waals surface area (Å²) in [7, 11) is 0. The molecule has 0 amide bonds. The van der Waals surface area contributed by atoms with Crippen molar-refractivity contribution in [2.24, 2.45) is 0 Å². The number of allylic oxidation sites excluding steroid dienone is 1. The molecular formula is C12H16N2O2. The molecule has 0 fully saturated rings. The van der Waals surface area contributed by atoms with E-state index in [0.29, 0.717) is 17.9 Å². The normalized spacial score (nSPS) is 9.88. The van der Waals surface area contributed by atoms with Gasteiger partial charge in [-0.15, -0.1) is 6.58 Å². The average molecular weight is 220 g/mol. The third-order valence-corrected chi connectivity index (χ3v) is 1.99. The van der Waals surface area contributed by atoms with E-state index in [1.54, 1.807) is 13.0 Å². The van der Waals surface area contributed by atoms with Crippen LogP contribution in [0.25, 0.3) is 0 Å². The van der Waals surface area contributed by atoms with Gasteiger partial charge in [0.1, 0.15) is 12.4 Å². The molecule has 0 N–H and O–H groups in total. The molecule has 1 rings (SSSR count). The first-order valence-corrected chi connectivity index (χ1v) is 5.00. The van der Waals surface area contributed by atoms with E-state index in [9.17, 15) is 4.79 Å². The van der Waals surface area contributed by atoms with Crippen molar-refractivity contribution in [1.29, 1.82) is 0 Å². The zero-order chi connectivity index (χ0) is 12.1. The molecule has 86 valence electrons. The summed E-state index contributed by atoms with van der Waals surface area (Å²) < 4.78 is 6.93. The molecule has 16 heavy (non-hydrogen) atoms. The van der Waals surface area contributed by atoms with Crippen LogP contribution in [0, 0.1) is 6.92 Å². The van der Waals surface area contributed by atoms with Gasteiger partial charge in [-0.2, -0.15) is 0 Å². The zero-order valence-electron chi connectivity index (χ0n) is 9.69. The summed E-state index contributed by atoms with van der Waals surface area (Å²) in [4.78, 5) is 15.5. The average Bonchev–Trinajstić information content (AvgIpc) is 2.56. The van der Waals surface area contributed by atoms with Gasteiger partial charge in [0.05, 0.1) is 5.69 Å². The van der Waals surface area contributed by atoms with Crippen LogP contribution in [-0.2, 0) is 22.7 Å². The first-order valence-electron chi connectivity index (χ1n) is 5.00. The minimum atomic E-state index is -0.397. The lowest BCUT2D eigenvalue weighted by atomic mass is 10.4. The molecule has 0 aliphatic carbocycles. The number of aromatic nitrogens is 2. The lowest BCUT2D eigenvalue weighted by Crippen LogP contribution is -2.09. The molecule has 0 spiro atoms. The second kappa shape index (κ2) is 5.30. The molecule has 1 aromatic heterocycles. The molecular weight excluding hydrogens is 204 g/mol. The number of nitrogens with zero attached hydrogens (tertiary/aromatic N) is 2. The Morgan fingerprint density at radius 1 is 1.69 bits per heavy atom. The molecule has 0 atom stereocenters. The van der Waals surface area contributed by atoms with Crippen molar-refractivity contribution in [3.63, 3.8) is 0 Å². The molecule has 4 heteroatoms. The smallest absolute Gasteiger partial charge is 0.333 e. The first-order chi connectivity index (χ1) is 7.54. The fourth-order valence-electron chi connectivity index (χ4n) is 1.26. The Bertz CT molecular complexity index is 419. The largest absolute Gasteiger partial charge is 0.454 e. The molecule has 0 aromatic carbocycles. The Balaban J connectivity index is 2.69. The van der Waals surface area contributed by atoms with Crippen molar-refractivity contribution < 1.29 is 9.53 Å². The van der Waals surface area contributed by atoms with Crippen LogP contribution in [0.1, 0.15) is 18.4 Å². The van der Waals surface area contributed by atoms with Gasteiger partial charge < -0.3 is 9.30 Å². The van der Waals surface area contributed by atoms with Gasteiger partial charge in [-0.25, -0.2) is 9.78 Å². The Kier molecular flexibility index (Phi) is 4.05. The SMILES string of the molecule is C=CCn1cc(C)nc1COC(=O)C(=C)C. The molecule has 4 nitrogen and oxygen atoms in total. The Morgan fingerprint density at radius 3 is 2.94 bits per heavy atom. The fourth-order valence-corrected chi connectivity index (χ4v) is 1.26. The van der Waals surface area contributed by atoms with Gasteiger partial charge in [0.2, 0.25) is 0 Å². The van der Waals surface area contributed by atoms with Gasteiger partial charge in [0.15, 0.2) is 0 Å². The van der Waals surface area contributed by atoms with E-state index in [-0.39, 0.29) is 6.61 Å². The number of rotatable bonds is 5. The highest BCUT2D eigenvalue weighted by Crippen LogP contribution is 2.05. The molecule has 1 aromatic rings. The molecule has 0 radical (unpaired) electrons. The number of carbonyl (C=O) groups excluding carboxylic acids is 1.